The number of carbonyl (C=O) groups is 1. The van der Waals surface area contributed by atoms with Gasteiger partial charge in [0.05, 0.1) is 10.8 Å². The van der Waals surface area contributed by atoms with E-state index in [4.69, 9.17) is 0 Å². The van der Waals surface area contributed by atoms with E-state index in [0.717, 1.165) is 6.42 Å². The standard InChI is InChI=1S/C16H27N5OS/c1-12(23-15-18-19-20-21(15)16(2,3)4)14(22)17-11-10-13-8-6-5-7-9-13/h8,12H,5-7,9-11H2,1-4H3,(H,17,22)/t12-/m0/s1. The van der Waals surface area contributed by atoms with Crippen LogP contribution in [0.3, 0.4) is 0 Å². The molecule has 1 aromatic rings. The van der Waals surface area contributed by atoms with Gasteiger partial charge in [-0.2, -0.15) is 0 Å². The highest BCUT2D eigenvalue weighted by molar-refractivity contribution is 8.00. The monoisotopic (exact) mass is 337 g/mol. The van der Waals surface area contributed by atoms with Crippen LogP contribution in [0, 0.1) is 0 Å². The first-order valence-corrected chi connectivity index (χ1v) is 9.17. The molecule has 1 atom stereocenters. The summed E-state index contributed by atoms with van der Waals surface area (Å²) in [5.41, 5.74) is 1.28. The minimum Gasteiger partial charge on any atom is -0.355 e. The molecule has 1 aromatic heterocycles. The third-order valence-electron chi connectivity index (χ3n) is 3.86. The predicted molar refractivity (Wildman–Crippen MR) is 92.3 cm³/mol. The van der Waals surface area contributed by atoms with Gasteiger partial charge >= 0.3 is 0 Å². The molecule has 1 aliphatic rings. The van der Waals surface area contributed by atoms with E-state index in [9.17, 15) is 4.79 Å². The van der Waals surface area contributed by atoms with Gasteiger partial charge < -0.3 is 5.32 Å². The van der Waals surface area contributed by atoms with E-state index in [-0.39, 0.29) is 16.7 Å². The fraction of sp³-hybridized carbons (Fsp3) is 0.750. The number of allylic oxidation sites excluding steroid dienone is 1. The average molecular weight is 337 g/mol. The maximum absolute atomic E-state index is 12.2. The van der Waals surface area contributed by atoms with Gasteiger partial charge in [0.1, 0.15) is 0 Å². The van der Waals surface area contributed by atoms with Crippen LogP contribution >= 0.6 is 11.8 Å². The Morgan fingerprint density at radius 3 is 2.87 bits per heavy atom. The molecule has 0 spiro atoms. The second-order valence-corrected chi connectivity index (χ2v) is 8.26. The first-order valence-electron chi connectivity index (χ1n) is 8.29. The van der Waals surface area contributed by atoms with Crippen molar-refractivity contribution in [3.05, 3.63) is 11.6 Å². The van der Waals surface area contributed by atoms with Crippen molar-refractivity contribution < 1.29 is 4.79 Å². The topological polar surface area (TPSA) is 72.7 Å². The molecule has 0 saturated carbocycles. The first kappa shape index (κ1) is 18.0. The van der Waals surface area contributed by atoms with Crippen molar-refractivity contribution in [1.82, 2.24) is 25.5 Å². The van der Waals surface area contributed by atoms with Crippen LogP contribution in [0.2, 0.25) is 0 Å². The van der Waals surface area contributed by atoms with Crippen LogP contribution in [0.1, 0.15) is 59.8 Å². The van der Waals surface area contributed by atoms with E-state index in [0.29, 0.717) is 11.7 Å². The molecule has 128 valence electrons. The van der Waals surface area contributed by atoms with Crippen LogP contribution in [0.4, 0.5) is 0 Å². The number of tetrazole rings is 1. The smallest absolute Gasteiger partial charge is 0.233 e. The van der Waals surface area contributed by atoms with Crippen LogP contribution in [0.5, 0.6) is 0 Å². The van der Waals surface area contributed by atoms with Crippen molar-refractivity contribution >= 4 is 17.7 Å². The SMILES string of the molecule is C[C@H](Sc1nnnn1C(C)(C)C)C(=O)NCCC1=CCCCC1. The van der Waals surface area contributed by atoms with Gasteiger partial charge in [0.2, 0.25) is 11.1 Å². The minimum atomic E-state index is -0.220. The molecule has 0 saturated heterocycles. The summed E-state index contributed by atoms with van der Waals surface area (Å²) in [7, 11) is 0. The Morgan fingerprint density at radius 2 is 2.22 bits per heavy atom. The average Bonchev–Trinajstić information content (AvgIpc) is 2.96. The Bertz CT molecular complexity index is 561. The van der Waals surface area contributed by atoms with Gasteiger partial charge in [-0.25, -0.2) is 4.68 Å². The second-order valence-electron chi connectivity index (χ2n) is 6.95. The van der Waals surface area contributed by atoms with Crippen molar-refractivity contribution in [2.75, 3.05) is 6.54 Å². The maximum atomic E-state index is 12.2. The van der Waals surface area contributed by atoms with E-state index in [2.05, 4.69) is 26.9 Å². The van der Waals surface area contributed by atoms with Crippen LogP contribution < -0.4 is 5.32 Å². The fourth-order valence-electron chi connectivity index (χ4n) is 2.51. The summed E-state index contributed by atoms with van der Waals surface area (Å²) in [4.78, 5) is 12.2. The third kappa shape index (κ3) is 5.34. The van der Waals surface area contributed by atoms with E-state index >= 15 is 0 Å². The van der Waals surface area contributed by atoms with Gasteiger partial charge in [-0.3, -0.25) is 4.79 Å². The molecule has 1 heterocycles. The number of hydrogen-bond donors (Lipinski definition) is 1. The molecule has 2 rings (SSSR count). The number of aromatic nitrogens is 4. The third-order valence-corrected chi connectivity index (χ3v) is 4.89. The molecule has 1 amide bonds. The molecule has 6 nitrogen and oxygen atoms in total. The molecular weight excluding hydrogens is 310 g/mol. The molecule has 0 aliphatic heterocycles. The Kier molecular flexibility index (Phi) is 6.21. The van der Waals surface area contributed by atoms with Gasteiger partial charge in [0.25, 0.3) is 0 Å². The Balaban J connectivity index is 1.81. The Hall–Kier alpha value is -1.37. The van der Waals surface area contributed by atoms with Gasteiger partial charge in [0, 0.05) is 6.54 Å². The zero-order chi connectivity index (χ0) is 16.9. The summed E-state index contributed by atoms with van der Waals surface area (Å²) in [5.74, 6) is 0.0369. The second kappa shape index (κ2) is 7.95. The number of rotatable bonds is 6. The van der Waals surface area contributed by atoms with Crippen LogP contribution in [0.25, 0.3) is 0 Å². The highest BCUT2D eigenvalue weighted by Gasteiger charge is 2.23. The number of hydrogen-bond acceptors (Lipinski definition) is 5. The summed E-state index contributed by atoms with van der Waals surface area (Å²) in [6, 6.07) is 0. The van der Waals surface area contributed by atoms with Crippen molar-refractivity contribution in [2.24, 2.45) is 0 Å². The van der Waals surface area contributed by atoms with Crippen molar-refractivity contribution in [1.29, 1.82) is 0 Å². The van der Waals surface area contributed by atoms with Crippen molar-refractivity contribution in [3.8, 4) is 0 Å². The molecule has 0 bridgehead atoms. The van der Waals surface area contributed by atoms with E-state index in [1.165, 1.54) is 43.0 Å². The van der Waals surface area contributed by atoms with Crippen LogP contribution in [-0.2, 0) is 10.3 Å². The van der Waals surface area contributed by atoms with Crippen molar-refractivity contribution in [2.45, 2.75) is 75.7 Å². The molecule has 7 heteroatoms. The predicted octanol–water partition coefficient (Wildman–Crippen LogP) is 2.92. The number of nitrogens with one attached hydrogen (secondary N) is 1. The molecule has 0 unspecified atom stereocenters. The number of carbonyl (C=O) groups excluding carboxylic acids is 1. The van der Waals surface area contributed by atoms with Gasteiger partial charge in [-0.1, -0.05) is 23.4 Å². The zero-order valence-corrected chi connectivity index (χ0v) is 15.3. The van der Waals surface area contributed by atoms with Crippen LogP contribution in [0.15, 0.2) is 16.8 Å². The highest BCUT2D eigenvalue weighted by atomic mass is 32.2. The van der Waals surface area contributed by atoms with Gasteiger partial charge in [-0.05, 0) is 70.2 Å². The van der Waals surface area contributed by atoms with E-state index in [1.807, 2.05) is 27.7 Å². The lowest BCUT2D eigenvalue weighted by molar-refractivity contribution is -0.120. The molecule has 23 heavy (non-hydrogen) atoms. The van der Waals surface area contributed by atoms with Crippen molar-refractivity contribution in [3.63, 3.8) is 0 Å². The normalized spacial score (nSPS) is 16.8. The quantitative estimate of drug-likeness (QED) is 0.638. The number of amides is 1. The molecular formula is C16H27N5OS. The molecule has 1 aliphatic carbocycles. The summed E-state index contributed by atoms with van der Waals surface area (Å²) in [6.07, 6.45) is 8.23. The lowest BCUT2D eigenvalue weighted by Crippen LogP contribution is -2.32. The summed E-state index contributed by atoms with van der Waals surface area (Å²) >= 11 is 1.40. The fourth-order valence-corrected chi connectivity index (χ4v) is 3.51. The number of thioether (sulfide) groups is 1. The molecule has 1 N–H and O–H groups in total. The lowest BCUT2D eigenvalue weighted by atomic mass is 9.97. The summed E-state index contributed by atoms with van der Waals surface area (Å²) < 4.78 is 1.76. The zero-order valence-electron chi connectivity index (χ0n) is 14.5. The lowest BCUT2D eigenvalue weighted by Gasteiger charge is -2.20. The van der Waals surface area contributed by atoms with Gasteiger partial charge in [0.15, 0.2) is 0 Å². The largest absolute Gasteiger partial charge is 0.355 e. The van der Waals surface area contributed by atoms with Crippen LogP contribution in [-0.4, -0.2) is 37.9 Å². The summed E-state index contributed by atoms with van der Waals surface area (Å²) in [6.45, 7) is 8.71. The Labute approximate surface area is 142 Å². The maximum Gasteiger partial charge on any atom is 0.233 e. The van der Waals surface area contributed by atoms with E-state index < -0.39 is 0 Å². The van der Waals surface area contributed by atoms with Gasteiger partial charge in [-0.15, -0.1) is 5.10 Å². The molecule has 0 radical (unpaired) electrons. The molecule has 0 aromatic carbocycles. The van der Waals surface area contributed by atoms with E-state index in [1.54, 1.807) is 4.68 Å². The Morgan fingerprint density at radius 1 is 1.43 bits per heavy atom. The number of nitrogens with zero attached hydrogens (tertiary/aromatic N) is 4. The highest BCUT2D eigenvalue weighted by Crippen LogP contribution is 2.25. The minimum absolute atomic E-state index is 0.0369. The molecule has 0 fully saturated rings. The summed E-state index contributed by atoms with van der Waals surface area (Å²) in [5, 5.41) is 15.3. The first-order chi connectivity index (χ1) is 10.9.